The Balaban J connectivity index is 3.39. The van der Waals surface area contributed by atoms with Gasteiger partial charge in [0, 0.05) is 0 Å². The van der Waals surface area contributed by atoms with E-state index in [1.807, 2.05) is 0 Å². The number of methoxy groups -OCH3 is 1. The van der Waals surface area contributed by atoms with Crippen LogP contribution in [0.15, 0.2) is 6.20 Å². The molecule has 10 heteroatoms. The molecule has 0 amide bonds. The summed E-state index contributed by atoms with van der Waals surface area (Å²) in [6.45, 7) is 0. The minimum absolute atomic E-state index is 0.0695. The average molecular weight is 266 g/mol. The van der Waals surface area contributed by atoms with Crippen LogP contribution in [0.4, 0.5) is 18.9 Å². The second-order valence-corrected chi connectivity index (χ2v) is 2.82. The van der Waals surface area contributed by atoms with E-state index in [0.29, 0.717) is 6.20 Å². The van der Waals surface area contributed by atoms with E-state index < -0.39 is 34.2 Å². The van der Waals surface area contributed by atoms with Gasteiger partial charge in [-0.25, -0.2) is 4.98 Å². The van der Waals surface area contributed by atoms with Gasteiger partial charge in [0.25, 0.3) is 0 Å². The Bertz CT molecular complexity index is 488. The van der Waals surface area contributed by atoms with E-state index in [1.165, 1.54) is 0 Å². The quantitative estimate of drug-likeness (QED) is 0.468. The highest BCUT2D eigenvalue weighted by Gasteiger charge is 2.35. The number of halogens is 3. The van der Waals surface area contributed by atoms with Gasteiger partial charge < -0.3 is 9.47 Å². The van der Waals surface area contributed by atoms with E-state index in [4.69, 9.17) is 0 Å². The number of carbonyl (C=O) groups excluding carboxylic acids is 1. The normalized spacial score (nSPS) is 10.9. The Hall–Kier alpha value is -2.39. The summed E-state index contributed by atoms with van der Waals surface area (Å²) in [5.41, 5.74) is -1.53. The van der Waals surface area contributed by atoms with Crippen LogP contribution in [0.2, 0.25) is 0 Å². The van der Waals surface area contributed by atoms with Crippen LogP contribution in [-0.2, 0) is 0 Å². The van der Waals surface area contributed by atoms with Crippen LogP contribution in [0.5, 0.6) is 11.6 Å². The van der Waals surface area contributed by atoms with E-state index in [0.717, 1.165) is 7.11 Å². The maximum Gasteiger partial charge on any atom is 0.574 e. The predicted octanol–water partition coefficient (Wildman–Crippen LogP) is 1.71. The first-order valence-corrected chi connectivity index (χ1v) is 4.22. The fourth-order valence-corrected chi connectivity index (χ4v) is 1.12. The van der Waals surface area contributed by atoms with Gasteiger partial charge in [0.2, 0.25) is 11.6 Å². The van der Waals surface area contributed by atoms with Crippen molar-refractivity contribution in [1.82, 2.24) is 4.98 Å². The van der Waals surface area contributed by atoms with Gasteiger partial charge in [-0.3, -0.25) is 14.9 Å². The zero-order chi connectivity index (χ0) is 13.9. The molecule has 0 aliphatic heterocycles. The van der Waals surface area contributed by atoms with Gasteiger partial charge in [0.15, 0.2) is 6.29 Å². The average Bonchev–Trinajstić information content (AvgIpc) is 2.25. The van der Waals surface area contributed by atoms with Gasteiger partial charge >= 0.3 is 12.0 Å². The first-order chi connectivity index (χ1) is 8.30. The third-order valence-corrected chi connectivity index (χ3v) is 1.74. The summed E-state index contributed by atoms with van der Waals surface area (Å²) in [5, 5.41) is 10.6. The Morgan fingerprint density at radius 2 is 2.11 bits per heavy atom. The van der Waals surface area contributed by atoms with Crippen molar-refractivity contribution in [1.29, 1.82) is 0 Å². The molecule has 1 aromatic heterocycles. The summed E-state index contributed by atoms with van der Waals surface area (Å²) >= 11 is 0. The molecule has 0 atom stereocenters. The van der Waals surface area contributed by atoms with E-state index in [2.05, 4.69) is 14.5 Å². The SMILES string of the molecule is COc1c([N+](=O)[O-])cnc(OC(F)(F)F)c1C=O. The highest BCUT2D eigenvalue weighted by Crippen LogP contribution is 2.35. The maximum absolute atomic E-state index is 12.0. The van der Waals surface area contributed by atoms with Gasteiger partial charge in [0.1, 0.15) is 11.8 Å². The summed E-state index contributed by atoms with van der Waals surface area (Å²) in [7, 11) is 0.965. The molecule has 1 heterocycles. The summed E-state index contributed by atoms with van der Waals surface area (Å²) in [6.07, 6.45) is -4.64. The lowest BCUT2D eigenvalue weighted by atomic mass is 10.2. The van der Waals surface area contributed by atoms with Crippen LogP contribution in [-0.4, -0.2) is 29.7 Å². The van der Waals surface area contributed by atoms with Crippen LogP contribution in [0, 0.1) is 10.1 Å². The van der Waals surface area contributed by atoms with Crippen molar-refractivity contribution in [2.24, 2.45) is 0 Å². The molecule has 0 aromatic carbocycles. The number of carbonyl (C=O) groups is 1. The van der Waals surface area contributed by atoms with Crippen LogP contribution in [0.3, 0.4) is 0 Å². The number of hydrogen-bond acceptors (Lipinski definition) is 6. The topological polar surface area (TPSA) is 91.6 Å². The van der Waals surface area contributed by atoms with Crippen molar-refractivity contribution in [3.8, 4) is 11.6 Å². The fraction of sp³-hybridized carbons (Fsp3) is 0.250. The number of aldehydes is 1. The van der Waals surface area contributed by atoms with E-state index in [9.17, 15) is 28.1 Å². The third-order valence-electron chi connectivity index (χ3n) is 1.74. The molecule has 0 unspecified atom stereocenters. The number of nitro groups is 1. The summed E-state index contributed by atoms with van der Waals surface area (Å²) in [4.78, 5) is 23.4. The number of ether oxygens (including phenoxy) is 2. The van der Waals surface area contributed by atoms with Crippen molar-refractivity contribution >= 4 is 12.0 Å². The largest absolute Gasteiger partial charge is 0.574 e. The number of nitrogens with zero attached hydrogens (tertiary/aromatic N) is 2. The number of rotatable bonds is 4. The lowest BCUT2D eigenvalue weighted by Gasteiger charge is -2.11. The van der Waals surface area contributed by atoms with E-state index in [1.54, 1.807) is 0 Å². The molecule has 1 rings (SSSR count). The summed E-state index contributed by atoms with van der Waals surface area (Å²) in [6, 6.07) is 0. The molecule has 0 radical (unpaired) electrons. The fourth-order valence-electron chi connectivity index (χ4n) is 1.12. The molecule has 0 aliphatic rings. The van der Waals surface area contributed by atoms with Gasteiger partial charge in [0.05, 0.1) is 12.0 Å². The molecular formula is C8H5F3N2O5. The molecule has 1 aromatic rings. The number of pyridine rings is 1. The molecule has 0 aliphatic carbocycles. The molecule has 0 fully saturated rings. The molecule has 7 nitrogen and oxygen atoms in total. The molecule has 18 heavy (non-hydrogen) atoms. The molecular weight excluding hydrogens is 261 g/mol. The van der Waals surface area contributed by atoms with Gasteiger partial charge in [-0.1, -0.05) is 0 Å². The Morgan fingerprint density at radius 3 is 2.50 bits per heavy atom. The first-order valence-electron chi connectivity index (χ1n) is 4.22. The lowest BCUT2D eigenvalue weighted by Crippen LogP contribution is -2.19. The van der Waals surface area contributed by atoms with Crippen molar-refractivity contribution < 1.29 is 32.4 Å². The number of alkyl halides is 3. The minimum Gasteiger partial charge on any atom is -0.489 e. The van der Waals surface area contributed by atoms with Crippen molar-refractivity contribution in [3.05, 3.63) is 21.9 Å². The molecule has 98 valence electrons. The molecule has 0 saturated heterocycles. The van der Waals surface area contributed by atoms with E-state index in [-0.39, 0.29) is 6.29 Å². The standard InChI is InChI=1S/C8H5F3N2O5/c1-17-6-4(3-14)7(18-8(9,10)11)12-2-5(6)13(15)16/h2-3H,1H3. The third kappa shape index (κ3) is 2.84. The Morgan fingerprint density at radius 1 is 1.50 bits per heavy atom. The summed E-state index contributed by atoms with van der Waals surface area (Å²) < 4.78 is 44.0. The van der Waals surface area contributed by atoms with Crippen molar-refractivity contribution in [2.75, 3.05) is 7.11 Å². The van der Waals surface area contributed by atoms with Crippen LogP contribution in [0.25, 0.3) is 0 Å². The van der Waals surface area contributed by atoms with E-state index >= 15 is 0 Å². The first kappa shape index (κ1) is 13.7. The maximum atomic E-state index is 12.0. The Kier molecular flexibility index (Phi) is 3.69. The predicted molar refractivity (Wildman–Crippen MR) is 49.5 cm³/mol. The zero-order valence-electron chi connectivity index (χ0n) is 8.72. The number of hydrogen-bond donors (Lipinski definition) is 0. The number of aromatic nitrogens is 1. The molecule has 0 N–H and O–H groups in total. The van der Waals surface area contributed by atoms with Crippen molar-refractivity contribution in [2.45, 2.75) is 6.36 Å². The monoisotopic (exact) mass is 266 g/mol. The van der Waals surface area contributed by atoms with Crippen LogP contribution < -0.4 is 9.47 Å². The van der Waals surface area contributed by atoms with Crippen LogP contribution in [0.1, 0.15) is 10.4 Å². The second kappa shape index (κ2) is 4.85. The Labute approximate surface area is 97.3 Å². The molecule has 0 spiro atoms. The summed E-state index contributed by atoms with van der Waals surface area (Å²) in [5.74, 6) is -1.76. The second-order valence-electron chi connectivity index (χ2n) is 2.82. The highest BCUT2D eigenvalue weighted by atomic mass is 19.4. The molecule has 0 bridgehead atoms. The minimum atomic E-state index is -5.08. The zero-order valence-corrected chi connectivity index (χ0v) is 8.72. The van der Waals surface area contributed by atoms with Crippen molar-refractivity contribution in [3.63, 3.8) is 0 Å². The van der Waals surface area contributed by atoms with Gasteiger partial charge in [-0.2, -0.15) is 0 Å². The smallest absolute Gasteiger partial charge is 0.489 e. The lowest BCUT2D eigenvalue weighted by molar-refractivity contribution is -0.386. The molecule has 0 saturated carbocycles. The van der Waals surface area contributed by atoms with Gasteiger partial charge in [-0.15, -0.1) is 13.2 Å². The van der Waals surface area contributed by atoms with Crippen LogP contribution >= 0.6 is 0 Å². The van der Waals surface area contributed by atoms with Gasteiger partial charge in [-0.05, 0) is 0 Å². The highest BCUT2D eigenvalue weighted by molar-refractivity contribution is 5.85.